The smallest absolute Gasteiger partial charge is 0.418 e. The van der Waals surface area contributed by atoms with Crippen molar-refractivity contribution in [3.05, 3.63) is 82.9 Å². The maximum atomic E-state index is 13.8. The predicted molar refractivity (Wildman–Crippen MR) is 134 cm³/mol. The molecule has 1 N–H and O–H groups in total. The van der Waals surface area contributed by atoms with Crippen LogP contribution in [0.5, 0.6) is 0 Å². The molecule has 10 heteroatoms. The topological polar surface area (TPSA) is 59.4 Å². The molecule has 6 nitrogen and oxygen atoms in total. The minimum atomic E-state index is -4.49. The molecule has 190 valence electrons. The summed E-state index contributed by atoms with van der Waals surface area (Å²) in [5, 5.41) is 3.84. The third-order valence-electron chi connectivity index (χ3n) is 6.44. The van der Waals surface area contributed by atoms with Crippen molar-refractivity contribution < 1.29 is 22.7 Å². The number of halogens is 3. The van der Waals surface area contributed by atoms with E-state index < -0.39 is 11.7 Å². The van der Waals surface area contributed by atoms with Crippen LogP contribution in [0.15, 0.2) is 54.7 Å². The molecule has 1 fully saturated rings. The van der Waals surface area contributed by atoms with E-state index in [-0.39, 0.29) is 30.2 Å². The molecule has 1 saturated heterocycles. The molecule has 4 rings (SSSR count). The first-order valence-electron chi connectivity index (χ1n) is 11.5. The van der Waals surface area contributed by atoms with Gasteiger partial charge in [0, 0.05) is 30.6 Å². The molecular formula is C26H27F3N4O2S. The van der Waals surface area contributed by atoms with Gasteiger partial charge in [0.25, 0.3) is 0 Å². The number of esters is 1. The van der Waals surface area contributed by atoms with Gasteiger partial charge >= 0.3 is 12.1 Å². The Morgan fingerprint density at radius 3 is 2.56 bits per heavy atom. The SMILES string of the molecule is COC(=O)CCCN1C(=S)N[C@H](c2ccccn2)[C@H]1c1cc(C)n(-c2ccccc2C(F)(F)F)c1C. The standard InChI is InChI=1S/C26H27F3N4O2S/c1-16-15-18(17(2)33(16)21-11-5-4-9-19(21)26(27,28)29)24-23(20-10-6-7-13-30-20)31-25(36)32(24)14-8-12-22(34)35-3/h4-7,9-11,13,15,23-24H,8,12,14H2,1-3H3,(H,31,36)/t23-,24-/m1/s1. The normalized spacial score (nSPS) is 17.8. The summed E-state index contributed by atoms with van der Waals surface area (Å²) < 4.78 is 47.9. The average Bonchev–Trinajstić information content (AvgIpc) is 3.33. The molecule has 2 aromatic heterocycles. The van der Waals surface area contributed by atoms with Crippen LogP contribution >= 0.6 is 12.2 Å². The molecule has 0 spiro atoms. The summed E-state index contributed by atoms with van der Waals surface area (Å²) >= 11 is 5.66. The summed E-state index contributed by atoms with van der Waals surface area (Å²) in [5.74, 6) is -0.312. The summed E-state index contributed by atoms with van der Waals surface area (Å²) in [6.45, 7) is 4.08. The van der Waals surface area contributed by atoms with Crippen LogP contribution in [0.1, 0.15) is 53.1 Å². The second-order valence-corrected chi connectivity index (χ2v) is 9.06. The van der Waals surface area contributed by atoms with Gasteiger partial charge in [-0.2, -0.15) is 13.2 Å². The highest BCUT2D eigenvalue weighted by Crippen LogP contribution is 2.42. The molecule has 0 saturated carbocycles. The monoisotopic (exact) mass is 516 g/mol. The number of carbonyl (C=O) groups is 1. The number of rotatable bonds is 7. The third-order valence-corrected chi connectivity index (χ3v) is 6.80. The van der Waals surface area contributed by atoms with Gasteiger partial charge in [0.15, 0.2) is 5.11 Å². The van der Waals surface area contributed by atoms with Gasteiger partial charge in [-0.25, -0.2) is 0 Å². The molecular weight excluding hydrogens is 489 g/mol. The lowest BCUT2D eigenvalue weighted by Crippen LogP contribution is -2.31. The highest BCUT2D eigenvalue weighted by Gasteiger charge is 2.42. The number of aryl methyl sites for hydroxylation is 1. The number of pyridine rings is 1. The molecule has 2 atom stereocenters. The van der Waals surface area contributed by atoms with Gasteiger partial charge in [-0.1, -0.05) is 18.2 Å². The van der Waals surface area contributed by atoms with Crippen molar-refractivity contribution in [1.29, 1.82) is 0 Å². The zero-order valence-electron chi connectivity index (χ0n) is 20.2. The van der Waals surface area contributed by atoms with Crippen LogP contribution in [0.2, 0.25) is 0 Å². The summed E-state index contributed by atoms with van der Waals surface area (Å²) in [5.41, 5.74) is 2.33. The molecule has 0 radical (unpaired) electrons. The first-order chi connectivity index (χ1) is 17.1. The van der Waals surface area contributed by atoms with Gasteiger partial charge in [0.05, 0.1) is 36.1 Å². The van der Waals surface area contributed by atoms with E-state index in [1.807, 2.05) is 36.1 Å². The minimum absolute atomic E-state index is 0.0754. The van der Waals surface area contributed by atoms with E-state index in [9.17, 15) is 18.0 Å². The van der Waals surface area contributed by atoms with Crippen LogP contribution in [0.4, 0.5) is 13.2 Å². The van der Waals surface area contributed by atoms with Crippen LogP contribution in [-0.2, 0) is 15.7 Å². The second kappa shape index (κ2) is 10.3. The fourth-order valence-corrected chi connectivity index (χ4v) is 5.18. The number of methoxy groups -OCH3 is 1. The van der Waals surface area contributed by atoms with Crippen LogP contribution in [0.25, 0.3) is 5.69 Å². The molecule has 1 aliphatic rings. The van der Waals surface area contributed by atoms with E-state index in [4.69, 9.17) is 17.0 Å². The molecule has 0 amide bonds. The zero-order chi connectivity index (χ0) is 26.0. The Hall–Kier alpha value is -3.40. The first-order valence-corrected chi connectivity index (χ1v) is 11.9. The van der Waals surface area contributed by atoms with E-state index in [1.165, 1.54) is 19.2 Å². The lowest BCUT2D eigenvalue weighted by Gasteiger charge is -2.28. The van der Waals surface area contributed by atoms with Crippen LogP contribution in [0, 0.1) is 13.8 Å². The van der Waals surface area contributed by atoms with Gasteiger partial charge in [-0.05, 0) is 68.4 Å². The summed E-state index contributed by atoms with van der Waals surface area (Å²) in [6, 6.07) is 12.4. The van der Waals surface area contributed by atoms with Gasteiger partial charge in [-0.15, -0.1) is 0 Å². The van der Waals surface area contributed by atoms with Crippen molar-refractivity contribution >= 4 is 23.3 Å². The number of nitrogens with one attached hydrogen (secondary N) is 1. The van der Waals surface area contributed by atoms with E-state index in [2.05, 4.69) is 10.3 Å². The van der Waals surface area contributed by atoms with E-state index in [0.29, 0.717) is 29.5 Å². The molecule has 3 aromatic rings. The maximum Gasteiger partial charge on any atom is 0.418 e. The Bertz CT molecular complexity index is 1260. The summed E-state index contributed by atoms with van der Waals surface area (Å²) in [7, 11) is 1.35. The quantitative estimate of drug-likeness (QED) is 0.334. The fraction of sp³-hybridized carbons (Fsp3) is 0.346. The number of thiocarbonyl (C=S) groups is 1. The Kier molecular flexibility index (Phi) is 7.35. The average molecular weight is 517 g/mol. The fourth-order valence-electron chi connectivity index (χ4n) is 4.85. The van der Waals surface area contributed by atoms with Crippen molar-refractivity contribution in [2.24, 2.45) is 0 Å². The molecule has 1 aromatic carbocycles. The lowest BCUT2D eigenvalue weighted by atomic mass is 9.96. The van der Waals surface area contributed by atoms with Crippen molar-refractivity contribution in [3.8, 4) is 5.69 Å². The molecule has 3 heterocycles. The van der Waals surface area contributed by atoms with Crippen LogP contribution in [-0.4, -0.2) is 39.2 Å². The summed E-state index contributed by atoms with van der Waals surface area (Å²) in [4.78, 5) is 18.2. The minimum Gasteiger partial charge on any atom is -0.469 e. The molecule has 0 bridgehead atoms. The molecule has 36 heavy (non-hydrogen) atoms. The Morgan fingerprint density at radius 2 is 1.89 bits per heavy atom. The zero-order valence-corrected chi connectivity index (χ0v) is 21.0. The Labute approximate surface area is 213 Å². The highest BCUT2D eigenvalue weighted by molar-refractivity contribution is 7.80. The first kappa shape index (κ1) is 25.7. The number of para-hydroxylation sites is 1. The van der Waals surface area contributed by atoms with Crippen LogP contribution < -0.4 is 5.32 Å². The largest absolute Gasteiger partial charge is 0.469 e. The number of hydrogen-bond donors (Lipinski definition) is 1. The van der Waals surface area contributed by atoms with Crippen molar-refractivity contribution in [3.63, 3.8) is 0 Å². The van der Waals surface area contributed by atoms with E-state index in [1.54, 1.807) is 23.8 Å². The van der Waals surface area contributed by atoms with Crippen molar-refractivity contribution in [1.82, 2.24) is 19.8 Å². The van der Waals surface area contributed by atoms with Crippen molar-refractivity contribution in [2.45, 2.75) is 44.9 Å². The Morgan fingerprint density at radius 1 is 1.17 bits per heavy atom. The number of carbonyl (C=O) groups excluding carboxylic acids is 1. The van der Waals surface area contributed by atoms with Crippen LogP contribution in [0.3, 0.4) is 0 Å². The van der Waals surface area contributed by atoms with E-state index >= 15 is 0 Å². The third kappa shape index (κ3) is 4.95. The maximum absolute atomic E-state index is 13.8. The van der Waals surface area contributed by atoms with Gasteiger partial charge in [0.1, 0.15) is 0 Å². The predicted octanol–water partition coefficient (Wildman–Crippen LogP) is 5.43. The molecule has 1 aliphatic heterocycles. The summed E-state index contributed by atoms with van der Waals surface area (Å²) in [6.07, 6.45) is -2.06. The number of alkyl halides is 3. The van der Waals surface area contributed by atoms with Gasteiger partial charge in [0.2, 0.25) is 0 Å². The molecule has 0 unspecified atom stereocenters. The highest BCUT2D eigenvalue weighted by atomic mass is 32.1. The Balaban J connectivity index is 1.80. The van der Waals surface area contributed by atoms with E-state index in [0.717, 1.165) is 17.3 Å². The number of hydrogen-bond acceptors (Lipinski definition) is 4. The molecule has 0 aliphatic carbocycles. The number of nitrogens with zero attached hydrogens (tertiary/aromatic N) is 3. The van der Waals surface area contributed by atoms with Gasteiger partial charge < -0.3 is 19.5 Å². The van der Waals surface area contributed by atoms with Gasteiger partial charge in [-0.3, -0.25) is 9.78 Å². The lowest BCUT2D eigenvalue weighted by molar-refractivity contribution is -0.141. The van der Waals surface area contributed by atoms with Crippen molar-refractivity contribution in [2.75, 3.05) is 13.7 Å². The second-order valence-electron chi connectivity index (χ2n) is 8.68. The number of ether oxygens (including phenoxy) is 1. The number of benzene rings is 1. The number of aromatic nitrogens is 2.